The number of amides is 1. The third kappa shape index (κ3) is 4.48. The van der Waals surface area contributed by atoms with E-state index >= 15 is 0 Å². The second-order valence-corrected chi connectivity index (χ2v) is 6.75. The Bertz CT molecular complexity index is 1020. The van der Waals surface area contributed by atoms with E-state index in [4.69, 9.17) is 9.47 Å². The second kappa shape index (κ2) is 8.64. The van der Waals surface area contributed by atoms with Gasteiger partial charge in [0.2, 0.25) is 0 Å². The van der Waals surface area contributed by atoms with Gasteiger partial charge in [0.25, 0.3) is 5.91 Å². The van der Waals surface area contributed by atoms with Gasteiger partial charge in [-0.2, -0.15) is 5.21 Å². The molecule has 0 aliphatic carbocycles. The quantitative estimate of drug-likeness (QED) is 0.564. The number of rotatable bonds is 7. The number of benzene rings is 2. The lowest BCUT2D eigenvalue weighted by atomic mass is 10.1. The van der Waals surface area contributed by atoms with Crippen LogP contribution in [0.4, 0.5) is 11.5 Å². The van der Waals surface area contributed by atoms with Crippen molar-refractivity contribution < 1.29 is 14.3 Å². The van der Waals surface area contributed by atoms with E-state index in [0.29, 0.717) is 17.3 Å². The minimum Gasteiger partial charge on any atom is -0.493 e. The first-order valence-corrected chi connectivity index (χ1v) is 9.20. The molecule has 3 aromatic rings. The molecule has 0 aliphatic rings. The van der Waals surface area contributed by atoms with Crippen LogP contribution >= 0.6 is 0 Å². The smallest absolute Gasteiger partial charge is 0.276 e. The zero-order chi connectivity index (χ0) is 21.0. The van der Waals surface area contributed by atoms with Gasteiger partial charge in [-0.3, -0.25) is 4.79 Å². The van der Waals surface area contributed by atoms with Crippen LogP contribution in [0.15, 0.2) is 36.4 Å². The number of nitrogens with one attached hydrogen (secondary N) is 3. The van der Waals surface area contributed by atoms with Gasteiger partial charge in [0.05, 0.1) is 20.3 Å². The highest BCUT2D eigenvalue weighted by Crippen LogP contribution is 2.30. The number of H-pyrrole nitrogens is 1. The molecule has 0 unspecified atom stereocenters. The molecule has 1 atom stereocenters. The van der Waals surface area contributed by atoms with Crippen LogP contribution in [0.3, 0.4) is 0 Å². The van der Waals surface area contributed by atoms with Gasteiger partial charge in [-0.15, -0.1) is 10.2 Å². The standard InChI is InChI=1S/C21H25N5O3/c1-12-6-8-16(10-13(12)2)23-20-19(24-26-25-20)21(27)22-14(3)15-7-9-17(28-4)18(11-15)29-5/h6-11,14H,1-5H3,(H,22,27)(H2,23,24,25,26)/t14-/m0/s1. The number of methoxy groups -OCH3 is 2. The van der Waals surface area contributed by atoms with Gasteiger partial charge in [0.1, 0.15) is 0 Å². The van der Waals surface area contributed by atoms with Crippen molar-refractivity contribution in [3.05, 3.63) is 58.8 Å². The molecule has 3 N–H and O–H groups in total. The first-order chi connectivity index (χ1) is 13.9. The van der Waals surface area contributed by atoms with E-state index in [1.807, 2.05) is 51.1 Å². The highest BCUT2D eigenvalue weighted by molar-refractivity contribution is 5.97. The number of carbonyl (C=O) groups is 1. The lowest BCUT2D eigenvalue weighted by Crippen LogP contribution is -2.27. The largest absolute Gasteiger partial charge is 0.493 e. The summed E-state index contributed by atoms with van der Waals surface area (Å²) in [7, 11) is 3.16. The Balaban J connectivity index is 1.74. The predicted molar refractivity (Wildman–Crippen MR) is 111 cm³/mol. The van der Waals surface area contributed by atoms with E-state index in [0.717, 1.165) is 16.8 Å². The Morgan fingerprint density at radius 2 is 1.76 bits per heavy atom. The summed E-state index contributed by atoms with van der Waals surface area (Å²) >= 11 is 0. The first-order valence-electron chi connectivity index (χ1n) is 9.20. The van der Waals surface area contributed by atoms with Crippen LogP contribution in [0, 0.1) is 13.8 Å². The van der Waals surface area contributed by atoms with Crippen molar-refractivity contribution in [1.29, 1.82) is 0 Å². The van der Waals surface area contributed by atoms with E-state index in [-0.39, 0.29) is 17.6 Å². The molecule has 0 saturated heterocycles. The summed E-state index contributed by atoms with van der Waals surface area (Å²) in [6.07, 6.45) is 0. The number of ether oxygens (including phenoxy) is 2. The fourth-order valence-electron chi connectivity index (χ4n) is 2.90. The lowest BCUT2D eigenvalue weighted by Gasteiger charge is -2.16. The third-order valence-corrected chi connectivity index (χ3v) is 4.79. The fourth-order valence-corrected chi connectivity index (χ4v) is 2.90. The summed E-state index contributed by atoms with van der Waals surface area (Å²) in [5.41, 5.74) is 4.24. The summed E-state index contributed by atoms with van der Waals surface area (Å²) in [4.78, 5) is 12.8. The predicted octanol–water partition coefficient (Wildman–Crippen LogP) is 3.67. The number of aromatic amines is 1. The van der Waals surface area contributed by atoms with Crippen LogP contribution in [0.2, 0.25) is 0 Å². The minimum absolute atomic E-state index is 0.190. The van der Waals surface area contributed by atoms with Gasteiger partial charge in [-0.1, -0.05) is 12.1 Å². The highest BCUT2D eigenvalue weighted by Gasteiger charge is 2.20. The minimum atomic E-state index is -0.340. The third-order valence-electron chi connectivity index (χ3n) is 4.79. The highest BCUT2D eigenvalue weighted by atomic mass is 16.5. The number of anilines is 2. The Labute approximate surface area is 169 Å². The van der Waals surface area contributed by atoms with Crippen LogP contribution in [0.5, 0.6) is 11.5 Å². The molecule has 0 fully saturated rings. The molecule has 0 radical (unpaired) electrons. The summed E-state index contributed by atoms with van der Waals surface area (Å²) in [6, 6.07) is 11.2. The molecule has 29 heavy (non-hydrogen) atoms. The molecule has 1 aromatic heterocycles. The first kappa shape index (κ1) is 20.2. The second-order valence-electron chi connectivity index (χ2n) is 6.75. The van der Waals surface area contributed by atoms with Gasteiger partial charge in [0, 0.05) is 5.69 Å². The van der Waals surface area contributed by atoms with Gasteiger partial charge in [-0.05, 0) is 61.7 Å². The average Bonchev–Trinajstić information content (AvgIpc) is 3.18. The summed E-state index contributed by atoms with van der Waals surface area (Å²) < 4.78 is 10.6. The molecule has 8 nitrogen and oxygen atoms in total. The number of carbonyl (C=O) groups excluding carboxylic acids is 1. The molecule has 0 spiro atoms. The van der Waals surface area contributed by atoms with E-state index in [9.17, 15) is 4.79 Å². The van der Waals surface area contributed by atoms with Crippen molar-refractivity contribution in [3.63, 3.8) is 0 Å². The Kier molecular flexibility index (Phi) is 6.01. The van der Waals surface area contributed by atoms with Crippen molar-refractivity contribution in [1.82, 2.24) is 20.7 Å². The van der Waals surface area contributed by atoms with Gasteiger partial charge < -0.3 is 20.1 Å². The number of aryl methyl sites for hydroxylation is 2. The monoisotopic (exact) mass is 395 g/mol. The molecule has 1 heterocycles. The number of hydrogen-bond donors (Lipinski definition) is 3. The van der Waals surface area contributed by atoms with Crippen LogP contribution < -0.4 is 20.1 Å². The van der Waals surface area contributed by atoms with Crippen molar-refractivity contribution in [2.75, 3.05) is 19.5 Å². The summed E-state index contributed by atoms with van der Waals surface area (Å²) in [5, 5.41) is 16.7. The van der Waals surface area contributed by atoms with Crippen LogP contribution in [-0.2, 0) is 0 Å². The maximum Gasteiger partial charge on any atom is 0.276 e. The van der Waals surface area contributed by atoms with Crippen LogP contribution in [-0.4, -0.2) is 35.5 Å². The van der Waals surface area contributed by atoms with Gasteiger partial charge >= 0.3 is 0 Å². The molecule has 0 aliphatic heterocycles. The molecular formula is C21H25N5O3. The normalized spacial score (nSPS) is 11.6. The molecule has 0 saturated carbocycles. The molecule has 152 valence electrons. The van der Waals surface area contributed by atoms with Crippen molar-refractivity contribution in [2.24, 2.45) is 0 Å². The molecule has 8 heteroatoms. The fraction of sp³-hybridized carbons (Fsp3) is 0.286. The van der Waals surface area contributed by atoms with Gasteiger partial charge in [0.15, 0.2) is 23.0 Å². The van der Waals surface area contributed by atoms with Crippen LogP contribution in [0.1, 0.15) is 40.1 Å². The van der Waals surface area contributed by atoms with Crippen molar-refractivity contribution in [2.45, 2.75) is 26.8 Å². The van der Waals surface area contributed by atoms with E-state index in [1.165, 1.54) is 5.56 Å². The Hall–Kier alpha value is -3.55. The zero-order valence-electron chi connectivity index (χ0n) is 17.2. The molecule has 2 aromatic carbocycles. The Morgan fingerprint density at radius 3 is 2.45 bits per heavy atom. The number of aromatic nitrogens is 3. The van der Waals surface area contributed by atoms with Crippen LogP contribution in [0.25, 0.3) is 0 Å². The SMILES string of the molecule is COc1ccc([C@H](C)NC(=O)c2n[nH]nc2Nc2ccc(C)c(C)c2)cc1OC. The molecule has 3 rings (SSSR count). The van der Waals surface area contributed by atoms with Crippen molar-refractivity contribution >= 4 is 17.4 Å². The molecular weight excluding hydrogens is 370 g/mol. The summed E-state index contributed by atoms with van der Waals surface area (Å²) in [6.45, 7) is 5.96. The van der Waals surface area contributed by atoms with Crippen molar-refractivity contribution in [3.8, 4) is 11.5 Å². The number of nitrogens with zero attached hydrogens (tertiary/aromatic N) is 2. The number of hydrogen-bond acceptors (Lipinski definition) is 6. The maximum absolute atomic E-state index is 12.8. The zero-order valence-corrected chi connectivity index (χ0v) is 17.2. The topological polar surface area (TPSA) is 101 Å². The summed E-state index contributed by atoms with van der Waals surface area (Å²) in [5.74, 6) is 1.26. The van der Waals surface area contributed by atoms with E-state index < -0.39 is 0 Å². The molecule has 1 amide bonds. The maximum atomic E-state index is 12.8. The average molecular weight is 395 g/mol. The molecule has 0 bridgehead atoms. The van der Waals surface area contributed by atoms with E-state index in [2.05, 4.69) is 26.0 Å². The van der Waals surface area contributed by atoms with Gasteiger partial charge in [-0.25, -0.2) is 0 Å². The Morgan fingerprint density at radius 1 is 1.00 bits per heavy atom. The van der Waals surface area contributed by atoms with E-state index in [1.54, 1.807) is 20.3 Å². The lowest BCUT2D eigenvalue weighted by molar-refractivity contribution is 0.0935.